The lowest BCUT2D eigenvalue weighted by atomic mass is 10.1. The van der Waals surface area contributed by atoms with Gasteiger partial charge in [-0.2, -0.15) is 0 Å². The Morgan fingerprint density at radius 3 is 2.53 bits per heavy atom. The van der Waals surface area contributed by atoms with Crippen molar-refractivity contribution in [2.45, 2.75) is 13.0 Å². The largest absolute Gasteiger partial charge is 0.322 e. The van der Waals surface area contributed by atoms with E-state index < -0.39 is 17.8 Å². The van der Waals surface area contributed by atoms with Crippen LogP contribution in [0, 0.1) is 12.7 Å². The maximum atomic E-state index is 13.6. The first kappa shape index (κ1) is 13.2. The third-order valence-corrected chi connectivity index (χ3v) is 2.82. The Morgan fingerprint density at radius 2 is 1.89 bits per heavy atom. The highest BCUT2D eigenvalue weighted by Crippen LogP contribution is 2.18. The molecule has 0 unspecified atom stereocenters. The number of carbonyl (C=O) groups is 1. The van der Waals surface area contributed by atoms with Gasteiger partial charge < -0.3 is 11.1 Å². The van der Waals surface area contributed by atoms with Gasteiger partial charge in [0, 0.05) is 0 Å². The lowest BCUT2D eigenvalue weighted by Crippen LogP contribution is -2.28. The standard InChI is InChI=1S/C15H15FN2O/c1-10-7-8-13(12(16)9-10)18-15(19)14(17)11-5-3-2-4-6-11/h2-9,14H,17H2,1H3,(H,18,19)/t14-/m1/s1. The summed E-state index contributed by atoms with van der Waals surface area (Å²) in [6.07, 6.45) is 0. The number of rotatable bonds is 3. The molecule has 0 saturated carbocycles. The van der Waals surface area contributed by atoms with Crippen molar-refractivity contribution < 1.29 is 9.18 Å². The fraction of sp³-hybridized carbons (Fsp3) is 0.133. The van der Waals surface area contributed by atoms with Crippen LogP contribution in [-0.2, 0) is 4.79 Å². The van der Waals surface area contributed by atoms with Crippen molar-refractivity contribution in [3.05, 3.63) is 65.5 Å². The summed E-state index contributed by atoms with van der Waals surface area (Å²) < 4.78 is 13.6. The Labute approximate surface area is 111 Å². The second-order valence-electron chi connectivity index (χ2n) is 4.36. The molecule has 0 aromatic heterocycles. The van der Waals surface area contributed by atoms with Crippen molar-refractivity contribution >= 4 is 11.6 Å². The Kier molecular flexibility index (Phi) is 3.92. The van der Waals surface area contributed by atoms with Gasteiger partial charge in [0.05, 0.1) is 5.69 Å². The molecule has 0 bridgehead atoms. The zero-order valence-electron chi connectivity index (χ0n) is 10.6. The van der Waals surface area contributed by atoms with Crippen molar-refractivity contribution in [2.75, 3.05) is 5.32 Å². The highest BCUT2D eigenvalue weighted by molar-refractivity contribution is 5.95. The van der Waals surface area contributed by atoms with Crippen molar-refractivity contribution in [1.29, 1.82) is 0 Å². The van der Waals surface area contributed by atoms with E-state index in [1.807, 2.05) is 6.07 Å². The SMILES string of the molecule is Cc1ccc(NC(=O)[C@H](N)c2ccccc2)c(F)c1. The summed E-state index contributed by atoms with van der Waals surface area (Å²) >= 11 is 0. The smallest absolute Gasteiger partial charge is 0.245 e. The molecule has 98 valence electrons. The lowest BCUT2D eigenvalue weighted by Gasteiger charge is -2.13. The van der Waals surface area contributed by atoms with Gasteiger partial charge >= 0.3 is 0 Å². The van der Waals surface area contributed by atoms with E-state index in [4.69, 9.17) is 5.73 Å². The van der Waals surface area contributed by atoms with Gasteiger partial charge in [0.25, 0.3) is 0 Å². The van der Waals surface area contributed by atoms with E-state index in [2.05, 4.69) is 5.32 Å². The van der Waals surface area contributed by atoms with Crippen molar-refractivity contribution in [2.24, 2.45) is 5.73 Å². The number of aryl methyl sites for hydroxylation is 1. The lowest BCUT2D eigenvalue weighted by molar-refractivity contribution is -0.117. The van der Waals surface area contributed by atoms with Gasteiger partial charge in [-0.3, -0.25) is 4.79 Å². The van der Waals surface area contributed by atoms with Crippen LogP contribution in [0.2, 0.25) is 0 Å². The van der Waals surface area contributed by atoms with Gasteiger partial charge in [-0.1, -0.05) is 36.4 Å². The van der Waals surface area contributed by atoms with Crippen LogP contribution in [0.4, 0.5) is 10.1 Å². The molecule has 0 saturated heterocycles. The van der Waals surface area contributed by atoms with Gasteiger partial charge in [-0.15, -0.1) is 0 Å². The van der Waals surface area contributed by atoms with Gasteiger partial charge in [-0.25, -0.2) is 4.39 Å². The third-order valence-electron chi connectivity index (χ3n) is 2.82. The first-order valence-corrected chi connectivity index (χ1v) is 5.95. The molecule has 2 rings (SSSR count). The van der Waals surface area contributed by atoms with Crippen LogP contribution in [0.5, 0.6) is 0 Å². The number of nitrogens with one attached hydrogen (secondary N) is 1. The van der Waals surface area contributed by atoms with Gasteiger partial charge in [0.15, 0.2) is 0 Å². The Morgan fingerprint density at radius 1 is 1.21 bits per heavy atom. The molecule has 3 nitrogen and oxygen atoms in total. The van der Waals surface area contributed by atoms with Crippen LogP contribution in [0.25, 0.3) is 0 Å². The van der Waals surface area contributed by atoms with E-state index in [-0.39, 0.29) is 5.69 Å². The molecule has 2 aromatic rings. The Bertz CT molecular complexity index is 584. The number of hydrogen-bond acceptors (Lipinski definition) is 2. The molecule has 19 heavy (non-hydrogen) atoms. The molecule has 4 heteroatoms. The van der Waals surface area contributed by atoms with E-state index in [1.54, 1.807) is 37.3 Å². The first-order chi connectivity index (χ1) is 9.08. The number of anilines is 1. The number of hydrogen-bond donors (Lipinski definition) is 2. The van der Waals surface area contributed by atoms with E-state index in [1.165, 1.54) is 12.1 Å². The molecular formula is C15H15FN2O. The summed E-state index contributed by atoms with van der Waals surface area (Å²) in [7, 11) is 0. The number of nitrogens with two attached hydrogens (primary N) is 1. The van der Waals surface area contributed by atoms with Crippen LogP contribution in [0.1, 0.15) is 17.2 Å². The van der Waals surface area contributed by atoms with Crippen LogP contribution >= 0.6 is 0 Å². The molecule has 0 heterocycles. The first-order valence-electron chi connectivity index (χ1n) is 5.95. The molecule has 1 amide bonds. The van der Waals surface area contributed by atoms with Gasteiger partial charge in [0.2, 0.25) is 5.91 Å². The van der Waals surface area contributed by atoms with Crippen LogP contribution < -0.4 is 11.1 Å². The topological polar surface area (TPSA) is 55.1 Å². The molecule has 0 spiro atoms. The Balaban J connectivity index is 2.13. The van der Waals surface area contributed by atoms with Gasteiger partial charge in [-0.05, 0) is 30.2 Å². The van der Waals surface area contributed by atoms with E-state index in [0.29, 0.717) is 5.56 Å². The normalized spacial score (nSPS) is 11.9. The summed E-state index contributed by atoms with van der Waals surface area (Å²) in [6.45, 7) is 1.78. The number of carbonyl (C=O) groups excluding carboxylic acids is 1. The molecule has 2 aromatic carbocycles. The Hall–Kier alpha value is -2.20. The zero-order valence-corrected chi connectivity index (χ0v) is 10.6. The molecule has 3 N–H and O–H groups in total. The average Bonchev–Trinajstić information content (AvgIpc) is 2.42. The quantitative estimate of drug-likeness (QED) is 0.889. The number of halogens is 1. The molecule has 0 aliphatic heterocycles. The minimum Gasteiger partial charge on any atom is -0.322 e. The summed E-state index contributed by atoms with van der Waals surface area (Å²) in [5.41, 5.74) is 7.45. The summed E-state index contributed by atoms with van der Waals surface area (Å²) in [4.78, 5) is 11.9. The highest BCUT2D eigenvalue weighted by atomic mass is 19.1. The molecule has 1 atom stereocenters. The molecule has 0 aliphatic rings. The van der Waals surface area contributed by atoms with Gasteiger partial charge in [0.1, 0.15) is 11.9 Å². The average molecular weight is 258 g/mol. The fourth-order valence-corrected chi connectivity index (χ4v) is 1.74. The molecule has 0 fully saturated rings. The summed E-state index contributed by atoms with van der Waals surface area (Å²) in [5, 5.41) is 2.50. The third kappa shape index (κ3) is 3.17. The van der Waals surface area contributed by atoms with Crippen LogP contribution in [0.3, 0.4) is 0 Å². The van der Waals surface area contributed by atoms with Crippen molar-refractivity contribution in [3.63, 3.8) is 0 Å². The maximum absolute atomic E-state index is 13.6. The second kappa shape index (κ2) is 5.63. The fourth-order valence-electron chi connectivity index (χ4n) is 1.74. The number of benzene rings is 2. The predicted octanol–water partition coefficient (Wildman–Crippen LogP) is 2.77. The highest BCUT2D eigenvalue weighted by Gasteiger charge is 2.16. The van der Waals surface area contributed by atoms with Crippen LogP contribution in [-0.4, -0.2) is 5.91 Å². The van der Waals surface area contributed by atoms with Crippen LogP contribution in [0.15, 0.2) is 48.5 Å². The second-order valence-corrected chi connectivity index (χ2v) is 4.36. The minimum absolute atomic E-state index is 0.141. The monoisotopic (exact) mass is 258 g/mol. The summed E-state index contributed by atoms with van der Waals surface area (Å²) in [6, 6.07) is 12.8. The van der Waals surface area contributed by atoms with E-state index in [9.17, 15) is 9.18 Å². The maximum Gasteiger partial charge on any atom is 0.245 e. The predicted molar refractivity (Wildman–Crippen MR) is 73.1 cm³/mol. The zero-order chi connectivity index (χ0) is 13.8. The van der Waals surface area contributed by atoms with E-state index >= 15 is 0 Å². The van der Waals surface area contributed by atoms with Crippen molar-refractivity contribution in [3.8, 4) is 0 Å². The summed E-state index contributed by atoms with van der Waals surface area (Å²) in [5.74, 6) is -0.900. The molecule has 0 aliphatic carbocycles. The molecule has 0 radical (unpaired) electrons. The molecular weight excluding hydrogens is 243 g/mol. The van der Waals surface area contributed by atoms with E-state index in [0.717, 1.165) is 5.56 Å². The number of amides is 1. The minimum atomic E-state index is -0.818. The van der Waals surface area contributed by atoms with Crippen molar-refractivity contribution in [1.82, 2.24) is 0 Å².